The number of aliphatic imine (C=N–C) groups is 1. The molecule has 7 heteroatoms. The molecule has 0 aromatic rings. The minimum absolute atomic E-state index is 0.404. The van der Waals surface area contributed by atoms with Gasteiger partial charge in [-0.2, -0.15) is 0 Å². The molecule has 0 fully saturated rings. The van der Waals surface area contributed by atoms with Gasteiger partial charge in [-0.1, -0.05) is 16.9 Å². The van der Waals surface area contributed by atoms with Gasteiger partial charge in [0.2, 0.25) is 5.60 Å². The van der Waals surface area contributed by atoms with Crippen molar-refractivity contribution in [3.8, 4) is 0 Å². The number of rotatable bonds is 3. The highest BCUT2D eigenvalue weighted by Gasteiger charge is 2.30. The zero-order valence-corrected chi connectivity index (χ0v) is 8.67. The molecule has 0 aromatic heterocycles. The van der Waals surface area contributed by atoms with Crippen LogP contribution in [0.25, 0.3) is 0 Å². The number of oxime groups is 1. The van der Waals surface area contributed by atoms with Gasteiger partial charge in [0, 0.05) is 0 Å². The lowest BCUT2D eigenvalue weighted by Crippen LogP contribution is -2.33. The molecule has 0 saturated heterocycles. The monoisotopic (exact) mass is 217 g/mol. The van der Waals surface area contributed by atoms with E-state index in [1.807, 2.05) is 0 Å². The van der Waals surface area contributed by atoms with E-state index in [-0.39, 0.29) is 0 Å². The molecule has 3 N–H and O–H groups in total. The first-order valence-corrected chi connectivity index (χ1v) is 4.86. The lowest BCUT2D eigenvalue weighted by molar-refractivity contribution is -0.161. The highest BCUT2D eigenvalue weighted by molar-refractivity contribution is 8.14. The second-order valence-corrected chi connectivity index (χ2v) is 4.15. The van der Waals surface area contributed by atoms with Gasteiger partial charge in [-0.3, -0.25) is 0 Å². The van der Waals surface area contributed by atoms with Crippen LogP contribution in [0.3, 0.4) is 0 Å². The van der Waals surface area contributed by atoms with Gasteiger partial charge in [0.05, 0.1) is 5.75 Å². The maximum Gasteiger partial charge on any atom is 0.350 e. The molecule has 0 radical (unpaired) electrons. The first kappa shape index (κ1) is 10.8. The molecule has 0 bridgehead atoms. The van der Waals surface area contributed by atoms with Gasteiger partial charge in [0.15, 0.2) is 11.0 Å². The van der Waals surface area contributed by atoms with Crippen LogP contribution in [0.1, 0.15) is 13.8 Å². The molecule has 1 heterocycles. The fourth-order valence-electron chi connectivity index (χ4n) is 0.583. The summed E-state index contributed by atoms with van der Waals surface area (Å²) < 4.78 is 0. The van der Waals surface area contributed by atoms with E-state index in [1.54, 1.807) is 0 Å². The van der Waals surface area contributed by atoms with E-state index < -0.39 is 11.6 Å². The van der Waals surface area contributed by atoms with Crippen LogP contribution in [0.2, 0.25) is 0 Å². The number of nitrogens with zero attached hydrogens (tertiary/aromatic N) is 2. The predicted octanol–water partition coefficient (Wildman–Crippen LogP) is 0.241. The Bertz CT molecular complexity index is 311. The van der Waals surface area contributed by atoms with Crippen molar-refractivity contribution in [3.05, 3.63) is 0 Å². The fourth-order valence-corrected chi connectivity index (χ4v) is 1.15. The van der Waals surface area contributed by atoms with Gasteiger partial charge in [-0.25, -0.2) is 9.79 Å². The number of hydrogen-bond acceptors (Lipinski definition) is 5. The summed E-state index contributed by atoms with van der Waals surface area (Å²) in [5.41, 5.74) is 4.04. The average Bonchev–Trinajstić information content (AvgIpc) is 2.48. The van der Waals surface area contributed by atoms with Gasteiger partial charge >= 0.3 is 5.97 Å². The van der Waals surface area contributed by atoms with Crippen LogP contribution in [-0.4, -0.2) is 33.4 Å². The molecule has 0 spiro atoms. The summed E-state index contributed by atoms with van der Waals surface area (Å²) >= 11 is 1.33. The molecular formula is C7H11N3O3S. The number of aliphatic carboxylic acids is 1. The minimum Gasteiger partial charge on any atom is -0.478 e. The van der Waals surface area contributed by atoms with Crippen LogP contribution in [0.5, 0.6) is 0 Å². The van der Waals surface area contributed by atoms with E-state index in [2.05, 4.69) is 10.1 Å². The van der Waals surface area contributed by atoms with Gasteiger partial charge in [-0.05, 0) is 13.8 Å². The molecule has 0 saturated carbocycles. The number of thioether (sulfide) groups is 1. The minimum atomic E-state index is -1.34. The zero-order chi connectivity index (χ0) is 10.8. The summed E-state index contributed by atoms with van der Waals surface area (Å²) in [6.07, 6.45) is 0. The van der Waals surface area contributed by atoms with Gasteiger partial charge < -0.3 is 15.7 Å². The lowest BCUT2D eigenvalue weighted by Gasteiger charge is -2.15. The number of carboxylic acids is 1. The van der Waals surface area contributed by atoms with E-state index >= 15 is 0 Å². The Morgan fingerprint density at radius 2 is 2.43 bits per heavy atom. The molecular weight excluding hydrogens is 206 g/mol. The molecule has 1 aliphatic rings. The summed E-state index contributed by atoms with van der Waals surface area (Å²) in [5.74, 6) is -0.159. The summed E-state index contributed by atoms with van der Waals surface area (Å²) in [6.45, 7) is 2.82. The van der Waals surface area contributed by atoms with Crippen LogP contribution in [0, 0.1) is 0 Å². The Kier molecular flexibility index (Phi) is 3.00. The number of hydrogen-bond donors (Lipinski definition) is 2. The molecule has 0 amide bonds. The average molecular weight is 217 g/mol. The van der Waals surface area contributed by atoms with Gasteiger partial charge in [-0.15, -0.1) is 0 Å². The maximum atomic E-state index is 10.6. The predicted molar refractivity (Wildman–Crippen MR) is 54.3 cm³/mol. The molecule has 6 nitrogen and oxygen atoms in total. The van der Waals surface area contributed by atoms with Crippen molar-refractivity contribution in [2.45, 2.75) is 19.4 Å². The van der Waals surface area contributed by atoms with Crippen molar-refractivity contribution >= 4 is 28.7 Å². The lowest BCUT2D eigenvalue weighted by atomic mass is 10.1. The van der Waals surface area contributed by atoms with E-state index in [1.165, 1.54) is 25.6 Å². The van der Waals surface area contributed by atoms with Crippen LogP contribution < -0.4 is 5.73 Å². The van der Waals surface area contributed by atoms with Gasteiger partial charge in [0.1, 0.15) is 0 Å². The summed E-state index contributed by atoms with van der Waals surface area (Å²) in [7, 11) is 0. The van der Waals surface area contributed by atoms with E-state index in [4.69, 9.17) is 15.7 Å². The molecule has 0 aromatic carbocycles. The van der Waals surface area contributed by atoms with Crippen LogP contribution in [0.15, 0.2) is 10.1 Å². The van der Waals surface area contributed by atoms with E-state index in [9.17, 15) is 4.79 Å². The Morgan fingerprint density at radius 3 is 2.86 bits per heavy atom. The molecule has 0 aliphatic carbocycles. The van der Waals surface area contributed by atoms with Gasteiger partial charge in [0.25, 0.3) is 0 Å². The summed E-state index contributed by atoms with van der Waals surface area (Å²) in [6, 6.07) is 0. The third-order valence-corrected chi connectivity index (χ3v) is 2.27. The maximum absolute atomic E-state index is 10.6. The molecule has 1 rings (SSSR count). The Hall–Kier alpha value is -1.24. The molecule has 1 aliphatic heterocycles. The Labute approximate surface area is 85.2 Å². The van der Waals surface area contributed by atoms with Crippen LogP contribution >= 0.6 is 11.8 Å². The second-order valence-electron chi connectivity index (χ2n) is 3.15. The van der Waals surface area contributed by atoms with Crippen LogP contribution in [0.4, 0.5) is 0 Å². The fraction of sp³-hybridized carbons (Fsp3) is 0.571. The van der Waals surface area contributed by atoms with Crippen molar-refractivity contribution in [1.29, 1.82) is 0 Å². The standard InChI is InChI=1S/C7H11N3O3S/c1-7(2,5(11)12)13-10-4-3-14-6(8)9-4/h3H2,1-2H3,(H,11,12)(H2,8,9,10). The molecule has 0 atom stereocenters. The number of nitrogens with two attached hydrogens (primary N) is 1. The first-order valence-electron chi connectivity index (χ1n) is 3.87. The zero-order valence-electron chi connectivity index (χ0n) is 7.85. The van der Waals surface area contributed by atoms with Crippen molar-refractivity contribution in [2.24, 2.45) is 15.9 Å². The number of carbonyl (C=O) groups is 1. The quantitative estimate of drug-likeness (QED) is 0.660. The molecule has 0 unspecified atom stereocenters. The number of amidine groups is 2. The van der Waals surface area contributed by atoms with Crippen molar-refractivity contribution < 1.29 is 14.7 Å². The highest BCUT2D eigenvalue weighted by atomic mass is 32.2. The van der Waals surface area contributed by atoms with Crippen molar-refractivity contribution in [1.82, 2.24) is 0 Å². The molecule has 14 heavy (non-hydrogen) atoms. The third-order valence-electron chi connectivity index (χ3n) is 1.48. The first-order chi connectivity index (χ1) is 6.42. The smallest absolute Gasteiger partial charge is 0.350 e. The van der Waals surface area contributed by atoms with Crippen molar-refractivity contribution in [2.75, 3.05) is 5.75 Å². The summed E-state index contributed by atoms with van der Waals surface area (Å²) in [5, 5.41) is 12.7. The van der Waals surface area contributed by atoms with E-state index in [0.29, 0.717) is 16.8 Å². The number of carboxylic acid groups (broad SMARTS) is 1. The largest absolute Gasteiger partial charge is 0.478 e. The second kappa shape index (κ2) is 3.87. The Balaban J connectivity index is 2.59. The third kappa shape index (κ3) is 2.63. The normalized spacial score (nSPS) is 19.6. The topological polar surface area (TPSA) is 97.3 Å². The summed E-state index contributed by atoms with van der Waals surface area (Å²) in [4.78, 5) is 19.3. The Morgan fingerprint density at radius 1 is 1.79 bits per heavy atom. The van der Waals surface area contributed by atoms with Crippen molar-refractivity contribution in [3.63, 3.8) is 0 Å². The van der Waals surface area contributed by atoms with E-state index in [0.717, 1.165) is 0 Å². The SMILES string of the molecule is CC(C)(ON=C1CSC(N)=N1)C(=O)O. The van der Waals surface area contributed by atoms with Crippen LogP contribution in [-0.2, 0) is 9.63 Å². The molecule has 78 valence electrons. The highest BCUT2D eigenvalue weighted by Crippen LogP contribution is 2.14.